The number of benzene rings is 2. The zero-order valence-corrected chi connectivity index (χ0v) is 16.9. The molecular weight excluding hydrogens is 380 g/mol. The lowest BCUT2D eigenvalue weighted by Gasteiger charge is -1.95. The number of hydrogen-bond donors (Lipinski definition) is 2. The number of H-pyrrole nitrogens is 2. The van der Waals surface area contributed by atoms with E-state index in [9.17, 15) is 0 Å². The summed E-state index contributed by atoms with van der Waals surface area (Å²) in [5.74, 6) is 0. The molecule has 0 aliphatic heterocycles. The van der Waals surface area contributed by atoms with Crippen LogP contribution in [0.25, 0.3) is 43.6 Å². The molecule has 0 spiro atoms. The maximum Gasteiger partial charge on any atom is 0.0654 e. The summed E-state index contributed by atoms with van der Waals surface area (Å²) in [6.07, 6.45) is 7.50. The number of hydrogen-bond acceptors (Lipinski definition) is 2. The molecule has 0 unspecified atom stereocenters. The predicted octanol–water partition coefficient (Wildman–Crippen LogP) is 6.70. The Balaban J connectivity index is 0.000000125. The van der Waals surface area contributed by atoms with E-state index >= 15 is 0 Å². The summed E-state index contributed by atoms with van der Waals surface area (Å²) in [5.41, 5.74) is 6.85. The van der Waals surface area contributed by atoms with Crippen LogP contribution in [-0.2, 0) is 0 Å². The molecule has 0 aliphatic rings. The van der Waals surface area contributed by atoms with Crippen LogP contribution in [0.15, 0.2) is 67.3 Å². The molecule has 4 heterocycles. The van der Waals surface area contributed by atoms with Gasteiger partial charge >= 0.3 is 0 Å². The molecule has 5 heteroatoms. The van der Waals surface area contributed by atoms with E-state index in [2.05, 4.69) is 52.0 Å². The molecule has 0 atom stereocenters. The molecular formula is C24H19ClN4. The van der Waals surface area contributed by atoms with E-state index in [1.54, 1.807) is 0 Å². The van der Waals surface area contributed by atoms with Crippen molar-refractivity contribution in [3.05, 3.63) is 83.4 Å². The molecule has 4 aromatic heterocycles. The number of pyridine rings is 2. The number of rotatable bonds is 0. The maximum absolute atomic E-state index is 6.00. The first-order chi connectivity index (χ1) is 14.1. The molecule has 4 nitrogen and oxygen atoms in total. The first-order valence-electron chi connectivity index (χ1n) is 9.44. The van der Waals surface area contributed by atoms with Crippen molar-refractivity contribution in [2.24, 2.45) is 0 Å². The van der Waals surface area contributed by atoms with Crippen molar-refractivity contribution >= 4 is 55.2 Å². The third-order valence-electron chi connectivity index (χ3n) is 5.26. The summed E-state index contributed by atoms with van der Waals surface area (Å²) in [4.78, 5) is 15.0. The molecule has 0 bridgehead atoms. The fourth-order valence-corrected chi connectivity index (χ4v) is 4.14. The zero-order chi connectivity index (χ0) is 20.0. The molecule has 29 heavy (non-hydrogen) atoms. The van der Waals surface area contributed by atoms with Crippen LogP contribution in [0.2, 0.25) is 5.02 Å². The van der Waals surface area contributed by atoms with Gasteiger partial charge in [-0.3, -0.25) is 9.97 Å². The van der Waals surface area contributed by atoms with Crippen molar-refractivity contribution in [1.82, 2.24) is 19.9 Å². The zero-order valence-electron chi connectivity index (χ0n) is 16.1. The highest BCUT2D eigenvalue weighted by molar-refractivity contribution is 6.31. The number of halogens is 1. The Morgan fingerprint density at radius 2 is 1.24 bits per heavy atom. The minimum Gasteiger partial charge on any atom is -0.353 e. The number of nitrogens with one attached hydrogen (secondary N) is 2. The first-order valence-corrected chi connectivity index (χ1v) is 9.82. The van der Waals surface area contributed by atoms with Gasteiger partial charge in [0.2, 0.25) is 0 Å². The van der Waals surface area contributed by atoms with Crippen molar-refractivity contribution in [2.45, 2.75) is 13.8 Å². The topological polar surface area (TPSA) is 57.4 Å². The van der Waals surface area contributed by atoms with E-state index in [-0.39, 0.29) is 0 Å². The Morgan fingerprint density at radius 3 is 1.93 bits per heavy atom. The van der Waals surface area contributed by atoms with Crippen LogP contribution >= 0.6 is 11.6 Å². The number of aromatic nitrogens is 4. The van der Waals surface area contributed by atoms with Crippen LogP contribution in [0.5, 0.6) is 0 Å². The summed E-state index contributed by atoms with van der Waals surface area (Å²) in [6.45, 7) is 4.15. The van der Waals surface area contributed by atoms with Crippen LogP contribution in [-0.4, -0.2) is 19.9 Å². The second-order valence-corrected chi connectivity index (χ2v) is 7.68. The van der Waals surface area contributed by atoms with Crippen molar-refractivity contribution < 1.29 is 0 Å². The molecule has 2 aromatic carbocycles. The molecule has 142 valence electrons. The van der Waals surface area contributed by atoms with E-state index in [4.69, 9.17) is 11.6 Å². The van der Waals surface area contributed by atoms with Gasteiger partial charge in [-0.2, -0.15) is 0 Å². The summed E-state index contributed by atoms with van der Waals surface area (Å²) in [7, 11) is 0. The summed E-state index contributed by atoms with van der Waals surface area (Å²) < 4.78 is 0. The van der Waals surface area contributed by atoms with Gasteiger partial charge in [0.25, 0.3) is 0 Å². The van der Waals surface area contributed by atoms with Crippen LogP contribution in [0.4, 0.5) is 0 Å². The lowest BCUT2D eigenvalue weighted by molar-refractivity contribution is 1.30. The van der Waals surface area contributed by atoms with Gasteiger partial charge in [-0.15, -0.1) is 0 Å². The van der Waals surface area contributed by atoms with E-state index in [1.807, 2.05) is 49.1 Å². The third kappa shape index (κ3) is 3.02. The lowest BCUT2D eigenvalue weighted by Crippen LogP contribution is -1.77. The fourth-order valence-electron chi connectivity index (χ4n) is 3.97. The van der Waals surface area contributed by atoms with Crippen molar-refractivity contribution in [3.63, 3.8) is 0 Å². The molecule has 0 fully saturated rings. The summed E-state index contributed by atoms with van der Waals surface area (Å²) in [6, 6.07) is 14.2. The van der Waals surface area contributed by atoms with Crippen LogP contribution in [0, 0.1) is 13.8 Å². The molecule has 0 amide bonds. The van der Waals surface area contributed by atoms with Gasteiger partial charge in [-0.1, -0.05) is 29.8 Å². The van der Waals surface area contributed by atoms with E-state index in [1.165, 1.54) is 32.8 Å². The SMILES string of the molecule is Cc1cncc2[nH]c3ccc(Cl)cc3c12.Cc1cncc2[nH]c3ccccc3c12. The van der Waals surface area contributed by atoms with Crippen molar-refractivity contribution in [3.8, 4) is 0 Å². The van der Waals surface area contributed by atoms with Gasteiger partial charge in [0.1, 0.15) is 0 Å². The van der Waals surface area contributed by atoms with Gasteiger partial charge in [-0.25, -0.2) is 0 Å². The van der Waals surface area contributed by atoms with E-state index < -0.39 is 0 Å². The largest absolute Gasteiger partial charge is 0.353 e. The van der Waals surface area contributed by atoms with E-state index in [0.717, 1.165) is 27.0 Å². The van der Waals surface area contributed by atoms with Gasteiger partial charge in [0, 0.05) is 50.0 Å². The number of aryl methyl sites for hydroxylation is 2. The number of nitrogens with zero attached hydrogens (tertiary/aromatic N) is 2. The van der Waals surface area contributed by atoms with Gasteiger partial charge in [-0.05, 0) is 49.2 Å². The van der Waals surface area contributed by atoms with Crippen molar-refractivity contribution in [2.75, 3.05) is 0 Å². The Kier molecular flexibility index (Phi) is 4.22. The molecule has 6 rings (SSSR count). The summed E-state index contributed by atoms with van der Waals surface area (Å²) >= 11 is 6.00. The highest BCUT2D eigenvalue weighted by Crippen LogP contribution is 2.29. The first kappa shape index (κ1) is 17.7. The standard InChI is InChI=1S/C12H9ClN2.C12H10N2/c1-7-5-14-6-11-12(7)9-4-8(13)2-3-10(9)15-11;1-8-6-13-7-11-12(8)9-4-2-3-5-10(9)14-11/h2-6,15H,1H3;2-7,14H,1H3. The number of aromatic amines is 2. The Bertz CT molecular complexity index is 1490. The minimum atomic E-state index is 0.764. The highest BCUT2D eigenvalue weighted by atomic mass is 35.5. The quantitative estimate of drug-likeness (QED) is 0.299. The second kappa shape index (κ2) is 6.90. The fraction of sp³-hybridized carbons (Fsp3) is 0.0833. The van der Waals surface area contributed by atoms with Gasteiger partial charge in [0.05, 0.1) is 23.4 Å². The monoisotopic (exact) mass is 398 g/mol. The van der Waals surface area contributed by atoms with Crippen LogP contribution in [0.1, 0.15) is 11.1 Å². The molecule has 6 aromatic rings. The third-order valence-corrected chi connectivity index (χ3v) is 5.49. The average molecular weight is 399 g/mol. The Labute approximate surface area is 172 Å². The minimum absolute atomic E-state index is 0.764. The second-order valence-electron chi connectivity index (χ2n) is 7.24. The van der Waals surface area contributed by atoms with Gasteiger partial charge in [0.15, 0.2) is 0 Å². The van der Waals surface area contributed by atoms with Crippen LogP contribution in [0.3, 0.4) is 0 Å². The molecule has 0 saturated heterocycles. The number of para-hydroxylation sites is 1. The van der Waals surface area contributed by atoms with Crippen LogP contribution < -0.4 is 0 Å². The van der Waals surface area contributed by atoms with Crippen molar-refractivity contribution in [1.29, 1.82) is 0 Å². The predicted molar refractivity (Wildman–Crippen MR) is 122 cm³/mol. The maximum atomic E-state index is 6.00. The normalized spacial score (nSPS) is 11.3. The molecule has 2 N–H and O–H groups in total. The van der Waals surface area contributed by atoms with E-state index in [0.29, 0.717) is 0 Å². The number of fused-ring (bicyclic) bond motifs is 6. The summed E-state index contributed by atoms with van der Waals surface area (Å²) in [5, 5.41) is 5.71. The van der Waals surface area contributed by atoms with Gasteiger partial charge < -0.3 is 9.97 Å². The molecule has 0 aliphatic carbocycles. The Hall–Kier alpha value is -3.37. The molecule has 0 saturated carbocycles. The Morgan fingerprint density at radius 1 is 0.655 bits per heavy atom. The highest BCUT2D eigenvalue weighted by Gasteiger charge is 2.07. The smallest absolute Gasteiger partial charge is 0.0654 e. The molecule has 0 radical (unpaired) electrons. The lowest BCUT2D eigenvalue weighted by atomic mass is 10.1. The average Bonchev–Trinajstić information content (AvgIpc) is 3.27.